The molecule has 1 N–H and O–H groups in total. The number of fused-ring (bicyclic) bond motifs is 2. The molecule has 0 bridgehead atoms. The Morgan fingerprint density at radius 1 is 1.30 bits per heavy atom. The highest BCUT2D eigenvalue weighted by Crippen LogP contribution is 2.38. The van der Waals surface area contributed by atoms with Gasteiger partial charge in [-0.1, -0.05) is 12.1 Å². The average molecular weight is 310 g/mol. The van der Waals surface area contributed by atoms with Crippen molar-refractivity contribution in [2.24, 2.45) is 5.92 Å². The van der Waals surface area contributed by atoms with Crippen LogP contribution >= 0.6 is 0 Å². The predicted octanol–water partition coefficient (Wildman–Crippen LogP) is 3.07. The summed E-state index contributed by atoms with van der Waals surface area (Å²) in [6.07, 6.45) is 2.36. The number of rotatable bonds is 2. The first-order valence-corrected chi connectivity index (χ1v) is 8.34. The summed E-state index contributed by atoms with van der Waals surface area (Å²) >= 11 is 0. The molecule has 4 rings (SSSR count). The number of aromatic nitrogens is 1. The minimum Gasteiger partial charge on any atom is -0.378 e. The van der Waals surface area contributed by atoms with E-state index in [2.05, 4.69) is 30.2 Å². The topological polar surface area (TPSA) is 51.2 Å². The number of pyridine rings is 1. The van der Waals surface area contributed by atoms with Gasteiger partial charge in [-0.2, -0.15) is 0 Å². The molecule has 1 saturated carbocycles. The van der Waals surface area contributed by atoms with Gasteiger partial charge in [-0.3, -0.25) is 9.78 Å². The lowest BCUT2D eigenvalue weighted by Crippen LogP contribution is -2.53. The number of aryl methyl sites for hydroxylation is 3. The summed E-state index contributed by atoms with van der Waals surface area (Å²) in [5, 5.41) is 4.15. The van der Waals surface area contributed by atoms with Gasteiger partial charge in [0.05, 0.1) is 17.2 Å². The normalized spacial score (nSPS) is 26.0. The van der Waals surface area contributed by atoms with Gasteiger partial charge in [0.1, 0.15) is 0 Å². The summed E-state index contributed by atoms with van der Waals surface area (Å²) < 4.78 is 5.63. The monoisotopic (exact) mass is 310 g/mol. The van der Waals surface area contributed by atoms with Gasteiger partial charge in [-0.05, 0) is 50.8 Å². The van der Waals surface area contributed by atoms with Crippen LogP contribution in [-0.2, 0) is 4.74 Å². The first kappa shape index (κ1) is 14.6. The number of nitrogens with one attached hydrogen (secondary N) is 1. The van der Waals surface area contributed by atoms with Crippen LogP contribution < -0.4 is 5.32 Å². The zero-order chi connectivity index (χ0) is 16.1. The van der Waals surface area contributed by atoms with Crippen LogP contribution in [0.15, 0.2) is 18.2 Å². The lowest BCUT2D eigenvalue weighted by molar-refractivity contribution is 0.00812. The molecular formula is C19H22N2O2. The van der Waals surface area contributed by atoms with E-state index in [1.165, 1.54) is 5.56 Å². The third kappa shape index (κ3) is 2.32. The smallest absolute Gasteiger partial charge is 0.252 e. The number of benzene rings is 1. The van der Waals surface area contributed by atoms with Crippen molar-refractivity contribution in [2.45, 2.75) is 45.8 Å². The third-order valence-corrected chi connectivity index (χ3v) is 5.46. The highest BCUT2D eigenvalue weighted by molar-refractivity contribution is 6.07. The maximum Gasteiger partial charge on any atom is 0.252 e. The van der Waals surface area contributed by atoms with E-state index in [1.54, 1.807) is 0 Å². The van der Waals surface area contributed by atoms with Gasteiger partial charge in [-0.25, -0.2) is 0 Å². The first-order chi connectivity index (χ1) is 11.0. The van der Waals surface area contributed by atoms with Crippen molar-refractivity contribution in [2.75, 3.05) is 6.61 Å². The molecule has 120 valence electrons. The van der Waals surface area contributed by atoms with Crippen molar-refractivity contribution in [3.63, 3.8) is 0 Å². The number of carbonyl (C=O) groups excluding carboxylic acids is 1. The second kappa shape index (κ2) is 5.31. The molecule has 1 aliphatic carbocycles. The predicted molar refractivity (Wildman–Crippen MR) is 89.7 cm³/mol. The zero-order valence-corrected chi connectivity index (χ0v) is 13.8. The van der Waals surface area contributed by atoms with Crippen molar-refractivity contribution >= 4 is 16.8 Å². The van der Waals surface area contributed by atoms with Crippen LogP contribution in [0.2, 0.25) is 0 Å². The summed E-state index contributed by atoms with van der Waals surface area (Å²) in [4.78, 5) is 17.5. The van der Waals surface area contributed by atoms with E-state index < -0.39 is 0 Å². The van der Waals surface area contributed by atoms with E-state index in [0.29, 0.717) is 12.0 Å². The Balaban J connectivity index is 1.68. The van der Waals surface area contributed by atoms with Crippen LogP contribution in [0.3, 0.4) is 0 Å². The van der Waals surface area contributed by atoms with E-state index in [9.17, 15) is 4.79 Å². The van der Waals surface area contributed by atoms with Gasteiger partial charge in [0.25, 0.3) is 5.91 Å². The van der Waals surface area contributed by atoms with E-state index >= 15 is 0 Å². The molecule has 2 heterocycles. The average Bonchev–Trinajstić information content (AvgIpc) is 2.89. The SMILES string of the molecule is Cc1cc(C(=O)N[C@@H]2C[C@H]3OCC[C@@H]23)c2ccc(C)c(C)c2n1. The summed E-state index contributed by atoms with van der Waals surface area (Å²) in [7, 11) is 0. The molecule has 1 amide bonds. The molecule has 1 aromatic heterocycles. The van der Waals surface area contributed by atoms with E-state index in [1.807, 2.05) is 19.1 Å². The Morgan fingerprint density at radius 2 is 2.13 bits per heavy atom. The number of ether oxygens (including phenoxy) is 1. The van der Waals surface area contributed by atoms with Gasteiger partial charge in [0.15, 0.2) is 0 Å². The fourth-order valence-corrected chi connectivity index (χ4v) is 3.86. The lowest BCUT2D eigenvalue weighted by atomic mass is 9.76. The minimum atomic E-state index is 0.0131. The largest absolute Gasteiger partial charge is 0.378 e. The molecular weight excluding hydrogens is 288 g/mol. The molecule has 0 radical (unpaired) electrons. The maximum absolute atomic E-state index is 12.8. The number of hydrogen-bond donors (Lipinski definition) is 1. The maximum atomic E-state index is 12.8. The van der Waals surface area contributed by atoms with Crippen LogP contribution in [-0.4, -0.2) is 29.6 Å². The zero-order valence-electron chi connectivity index (χ0n) is 13.8. The van der Waals surface area contributed by atoms with Crippen molar-refractivity contribution < 1.29 is 9.53 Å². The standard InChI is InChI=1S/C19H22N2O2/c1-10-4-5-13-15(8-11(2)20-18(13)12(10)3)19(22)21-16-9-17-14(16)6-7-23-17/h4-5,8,14,16-17H,6-7,9H2,1-3H3,(H,21,22)/t14-,16+,17+/m0/s1. The molecule has 2 aromatic rings. The third-order valence-electron chi connectivity index (χ3n) is 5.46. The molecule has 3 atom stereocenters. The summed E-state index contributed by atoms with van der Waals surface area (Å²) in [6, 6.07) is 6.23. The molecule has 23 heavy (non-hydrogen) atoms. The fraction of sp³-hybridized carbons (Fsp3) is 0.474. The molecule has 4 nitrogen and oxygen atoms in total. The molecule has 4 heteroatoms. The quantitative estimate of drug-likeness (QED) is 0.927. The Kier molecular flexibility index (Phi) is 3.38. The Morgan fingerprint density at radius 3 is 2.91 bits per heavy atom. The second-order valence-electron chi connectivity index (χ2n) is 6.89. The van der Waals surface area contributed by atoms with Gasteiger partial charge in [0.2, 0.25) is 0 Å². The Labute approximate surface area is 136 Å². The van der Waals surface area contributed by atoms with Crippen LogP contribution in [0.5, 0.6) is 0 Å². The Hall–Kier alpha value is -1.94. The molecule has 1 aliphatic heterocycles. The summed E-state index contributed by atoms with van der Waals surface area (Å²) in [5.41, 5.74) is 4.90. The highest BCUT2D eigenvalue weighted by Gasteiger charge is 2.45. The van der Waals surface area contributed by atoms with Gasteiger partial charge >= 0.3 is 0 Å². The van der Waals surface area contributed by atoms with Crippen LogP contribution in [0.1, 0.15) is 40.0 Å². The van der Waals surface area contributed by atoms with Crippen molar-refractivity contribution in [1.29, 1.82) is 0 Å². The van der Waals surface area contributed by atoms with Gasteiger partial charge in [-0.15, -0.1) is 0 Å². The van der Waals surface area contributed by atoms with Crippen molar-refractivity contribution in [3.05, 3.63) is 40.6 Å². The van der Waals surface area contributed by atoms with Crippen molar-refractivity contribution in [3.8, 4) is 0 Å². The Bertz CT molecular complexity index is 800. The second-order valence-corrected chi connectivity index (χ2v) is 6.89. The van der Waals surface area contributed by atoms with Crippen LogP contribution in [0, 0.1) is 26.7 Å². The van der Waals surface area contributed by atoms with E-state index in [0.717, 1.165) is 47.2 Å². The van der Waals surface area contributed by atoms with Crippen molar-refractivity contribution in [1.82, 2.24) is 10.3 Å². The highest BCUT2D eigenvalue weighted by atomic mass is 16.5. The first-order valence-electron chi connectivity index (χ1n) is 8.34. The molecule has 2 fully saturated rings. The summed E-state index contributed by atoms with van der Waals surface area (Å²) in [6.45, 7) is 6.92. The molecule has 0 spiro atoms. The van der Waals surface area contributed by atoms with Crippen LogP contribution in [0.4, 0.5) is 0 Å². The van der Waals surface area contributed by atoms with Crippen LogP contribution in [0.25, 0.3) is 10.9 Å². The molecule has 1 saturated heterocycles. The number of amides is 1. The lowest BCUT2D eigenvalue weighted by Gasteiger charge is -2.39. The van der Waals surface area contributed by atoms with Gasteiger partial charge in [0, 0.05) is 29.6 Å². The molecule has 1 aromatic carbocycles. The minimum absolute atomic E-state index is 0.0131. The molecule has 2 aliphatic rings. The van der Waals surface area contributed by atoms with Gasteiger partial charge < -0.3 is 10.1 Å². The number of hydrogen-bond acceptors (Lipinski definition) is 3. The molecule has 0 unspecified atom stereocenters. The van der Waals surface area contributed by atoms with E-state index in [4.69, 9.17) is 4.74 Å². The number of carbonyl (C=O) groups is 1. The van der Waals surface area contributed by atoms with E-state index in [-0.39, 0.29) is 11.9 Å². The number of nitrogens with zero attached hydrogens (tertiary/aromatic N) is 1. The summed E-state index contributed by atoms with van der Waals surface area (Å²) in [5.74, 6) is 0.510. The fourth-order valence-electron chi connectivity index (χ4n) is 3.86.